The molecule has 0 bridgehead atoms. The van der Waals surface area contributed by atoms with Crippen molar-refractivity contribution in [3.63, 3.8) is 0 Å². The van der Waals surface area contributed by atoms with E-state index in [4.69, 9.17) is 0 Å². The van der Waals surface area contributed by atoms with Gasteiger partial charge in [-0.25, -0.2) is 4.79 Å². The van der Waals surface area contributed by atoms with Crippen molar-refractivity contribution in [3.8, 4) is 0 Å². The number of rotatable bonds is 4. The number of hydrogen-bond acceptors (Lipinski definition) is 3. The molecule has 0 unspecified atom stereocenters. The van der Waals surface area contributed by atoms with E-state index in [0.717, 1.165) is 57.6 Å². The van der Waals surface area contributed by atoms with Gasteiger partial charge < -0.3 is 10.2 Å². The molecule has 27 heavy (non-hydrogen) atoms. The van der Waals surface area contributed by atoms with Crippen molar-refractivity contribution in [2.45, 2.75) is 31.7 Å². The van der Waals surface area contributed by atoms with Crippen molar-refractivity contribution in [1.29, 1.82) is 0 Å². The van der Waals surface area contributed by atoms with Gasteiger partial charge in [0, 0.05) is 57.1 Å². The van der Waals surface area contributed by atoms with Gasteiger partial charge in [-0.1, -0.05) is 30.3 Å². The van der Waals surface area contributed by atoms with Gasteiger partial charge in [0.15, 0.2) is 0 Å². The number of benzene rings is 1. The van der Waals surface area contributed by atoms with E-state index in [0.29, 0.717) is 12.6 Å². The zero-order valence-electron chi connectivity index (χ0n) is 15.8. The SMILES string of the molecule is O=C(NCCc1ccccn1)N1CCCN(C2Cc3ccccc3C2)CC1. The molecule has 2 heterocycles. The van der Waals surface area contributed by atoms with Crippen LogP contribution in [-0.2, 0) is 19.3 Å². The average molecular weight is 364 g/mol. The molecule has 2 aromatic rings. The van der Waals surface area contributed by atoms with E-state index in [9.17, 15) is 4.79 Å². The number of nitrogens with one attached hydrogen (secondary N) is 1. The van der Waals surface area contributed by atoms with Crippen LogP contribution >= 0.6 is 0 Å². The largest absolute Gasteiger partial charge is 0.338 e. The zero-order chi connectivity index (χ0) is 18.5. The number of carbonyl (C=O) groups excluding carboxylic acids is 1. The number of amides is 2. The van der Waals surface area contributed by atoms with Crippen LogP contribution in [0, 0.1) is 0 Å². The first kappa shape index (κ1) is 18.0. The Morgan fingerprint density at radius 2 is 1.78 bits per heavy atom. The summed E-state index contributed by atoms with van der Waals surface area (Å²) in [4.78, 5) is 21.4. The molecule has 1 N–H and O–H groups in total. The summed E-state index contributed by atoms with van der Waals surface area (Å²) in [5.74, 6) is 0. The van der Waals surface area contributed by atoms with Crippen LogP contribution in [-0.4, -0.2) is 59.6 Å². The highest BCUT2D eigenvalue weighted by molar-refractivity contribution is 5.74. The third-order valence-electron chi connectivity index (χ3n) is 5.75. The van der Waals surface area contributed by atoms with E-state index in [1.807, 2.05) is 23.1 Å². The van der Waals surface area contributed by atoms with E-state index in [2.05, 4.69) is 39.5 Å². The van der Waals surface area contributed by atoms with Crippen molar-refractivity contribution < 1.29 is 4.79 Å². The first-order chi connectivity index (χ1) is 13.3. The summed E-state index contributed by atoms with van der Waals surface area (Å²) < 4.78 is 0. The summed E-state index contributed by atoms with van der Waals surface area (Å²) in [6.45, 7) is 4.32. The summed E-state index contributed by atoms with van der Waals surface area (Å²) in [5.41, 5.74) is 4.01. The second-order valence-electron chi connectivity index (χ2n) is 7.51. The highest BCUT2D eigenvalue weighted by Gasteiger charge is 2.28. The van der Waals surface area contributed by atoms with E-state index in [1.54, 1.807) is 6.20 Å². The fourth-order valence-corrected chi connectivity index (χ4v) is 4.25. The Hall–Kier alpha value is -2.40. The smallest absolute Gasteiger partial charge is 0.317 e. The van der Waals surface area contributed by atoms with Crippen LogP contribution in [0.3, 0.4) is 0 Å². The molecule has 1 saturated heterocycles. The van der Waals surface area contributed by atoms with E-state index >= 15 is 0 Å². The molecule has 1 aromatic carbocycles. The fourth-order valence-electron chi connectivity index (χ4n) is 4.25. The highest BCUT2D eigenvalue weighted by atomic mass is 16.2. The molecule has 5 nitrogen and oxygen atoms in total. The molecule has 1 aromatic heterocycles. The van der Waals surface area contributed by atoms with Gasteiger partial charge in [0.05, 0.1) is 0 Å². The van der Waals surface area contributed by atoms with Crippen LogP contribution in [0.2, 0.25) is 0 Å². The Morgan fingerprint density at radius 3 is 2.52 bits per heavy atom. The van der Waals surface area contributed by atoms with Gasteiger partial charge in [-0.2, -0.15) is 0 Å². The standard InChI is InChI=1S/C22H28N4O/c27-22(24-11-9-20-8-3-4-10-23-20)26-13-5-12-25(14-15-26)21-16-18-6-1-2-7-19(18)17-21/h1-4,6-8,10,21H,5,9,11-17H2,(H,24,27). The molecule has 5 heteroatoms. The maximum atomic E-state index is 12.5. The van der Waals surface area contributed by atoms with Crippen LogP contribution in [0.15, 0.2) is 48.7 Å². The van der Waals surface area contributed by atoms with Crippen molar-refractivity contribution in [2.24, 2.45) is 0 Å². The Bertz CT molecular complexity index is 739. The predicted molar refractivity (Wildman–Crippen MR) is 107 cm³/mol. The Kier molecular flexibility index (Phi) is 5.68. The van der Waals surface area contributed by atoms with Gasteiger partial charge in [-0.05, 0) is 42.5 Å². The maximum Gasteiger partial charge on any atom is 0.317 e. The third-order valence-corrected chi connectivity index (χ3v) is 5.75. The highest BCUT2D eigenvalue weighted by Crippen LogP contribution is 2.26. The van der Waals surface area contributed by atoms with Crippen LogP contribution in [0.25, 0.3) is 0 Å². The maximum absolute atomic E-state index is 12.5. The molecule has 1 fully saturated rings. The van der Waals surface area contributed by atoms with Crippen LogP contribution in [0.1, 0.15) is 23.2 Å². The molecular weight excluding hydrogens is 336 g/mol. The monoisotopic (exact) mass is 364 g/mol. The van der Waals surface area contributed by atoms with E-state index in [1.165, 1.54) is 11.1 Å². The molecule has 1 aliphatic heterocycles. The lowest BCUT2D eigenvalue weighted by Gasteiger charge is -2.27. The number of urea groups is 1. The minimum atomic E-state index is 0.0579. The molecule has 0 spiro atoms. The van der Waals surface area contributed by atoms with E-state index < -0.39 is 0 Å². The molecule has 4 rings (SSSR count). The molecule has 142 valence electrons. The molecule has 2 amide bonds. The Labute approximate surface area is 161 Å². The first-order valence-corrected chi connectivity index (χ1v) is 10.0. The lowest BCUT2D eigenvalue weighted by molar-refractivity contribution is 0.189. The van der Waals surface area contributed by atoms with Crippen molar-refractivity contribution in [3.05, 3.63) is 65.5 Å². The predicted octanol–water partition coefficient (Wildman–Crippen LogP) is 2.51. The summed E-state index contributed by atoms with van der Waals surface area (Å²) in [5, 5.41) is 3.06. The van der Waals surface area contributed by atoms with Crippen molar-refractivity contribution in [1.82, 2.24) is 20.1 Å². The molecular formula is C22H28N4O. The number of carbonyl (C=O) groups is 1. The zero-order valence-corrected chi connectivity index (χ0v) is 15.8. The van der Waals surface area contributed by atoms with Crippen molar-refractivity contribution >= 4 is 6.03 Å². The van der Waals surface area contributed by atoms with Gasteiger partial charge in [-0.15, -0.1) is 0 Å². The van der Waals surface area contributed by atoms with Gasteiger partial charge in [0.2, 0.25) is 0 Å². The summed E-state index contributed by atoms with van der Waals surface area (Å²) in [7, 11) is 0. The Morgan fingerprint density at radius 1 is 1.00 bits per heavy atom. The van der Waals surface area contributed by atoms with Crippen molar-refractivity contribution in [2.75, 3.05) is 32.7 Å². The van der Waals surface area contributed by atoms with Gasteiger partial charge in [-0.3, -0.25) is 9.88 Å². The molecule has 1 aliphatic carbocycles. The number of nitrogens with zero attached hydrogens (tertiary/aromatic N) is 3. The second kappa shape index (κ2) is 8.53. The number of hydrogen-bond donors (Lipinski definition) is 1. The third kappa shape index (κ3) is 4.48. The van der Waals surface area contributed by atoms with Crippen LogP contribution in [0.5, 0.6) is 0 Å². The average Bonchev–Trinajstić information content (AvgIpc) is 2.98. The van der Waals surface area contributed by atoms with Gasteiger partial charge >= 0.3 is 6.03 Å². The topological polar surface area (TPSA) is 48.5 Å². The second-order valence-corrected chi connectivity index (χ2v) is 7.51. The molecule has 2 aliphatic rings. The number of pyridine rings is 1. The van der Waals surface area contributed by atoms with Crippen LogP contribution < -0.4 is 5.32 Å². The summed E-state index contributed by atoms with van der Waals surface area (Å²) >= 11 is 0. The minimum Gasteiger partial charge on any atom is -0.338 e. The van der Waals surface area contributed by atoms with E-state index in [-0.39, 0.29) is 6.03 Å². The van der Waals surface area contributed by atoms with Gasteiger partial charge in [0.25, 0.3) is 0 Å². The molecule has 0 radical (unpaired) electrons. The molecule has 0 atom stereocenters. The van der Waals surface area contributed by atoms with Gasteiger partial charge in [0.1, 0.15) is 0 Å². The molecule has 0 saturated carbocycles. The Balaban J connectivity index is 1.24. The number of fused-ring (bicyclic) bond motifs is 1. The quantitative estimate of drug-likeness (QED) is 0.907. The van der Waals surface area contributed by atoms with Crippen LogP contribution in [0.4, 0.5) is 4.79 Å². The fraction of sp³-hybridized carbons (Fsp3) is 0.455. The lowest BCUT2D eigenvalue weighted by atomic mass is 10.1. The lowest BCUT2D eigenvalue weighted by Crippen LogP contribution is -2.44. The summed E-state index contributed by atoms with van der Waals surface area (Å²) in [6, 6.07) is 15.3. The normalized spacial score (nSPS) is 18.1. The number of aromatic nitrogens is 1. The minimum absolute atomic E-state index is 0.0579. The first-order valence-electron chi connectivity index (χ1n) is 10.0. The summed E-state index contributed by atoms with van der Waals surface area (Å²) in [6.07, 6.45) is 5.90.